The van der Waals surface area contributed by atoms with Crippen LogP contribution in [0.5, 0.6) is 5.75 Å². The first-order valence-electron chi connectivity index (χ1n) is 5.74. The zero-order chi connectivity index (χ0) is 10.3. The van der Waals surface area contributed by atoms with Crippen LogP contribution in [0.4, 0.5) is 0 Å². The molecular weight excluding hydrogens is 188 g/mol. The van der Waals surface area contributed by atoms with Crippen molar-refractivity contribution in [1.82, 2.24) is 0 Å². The Morgan fingerprint density at radius 2 is 2.13 bits per heavy atom. The van der Waals surface area contributed by atoms with Crippen LogP contribution in [0.15, 0.2) is 24.3 Å². The molecule has 0 aromatic heterocycles. The number of hydrogen-bond acceptors (Lipinski definition) is 2. The summed E-state index contributed by atoms with van der Waals surface area (Å²) < 4.78 is 5.57. The molecular formula is C13H16O2. The van der Waals surface area contributed by atoms with E-state index in [1.54, 1.807) is 0 Å². The first-order chi connectivity index (χ1) is 7.34. The van der Waals surface area contributed by atoms with Crippen molar-refractivity contribution in [3.05, 3.63) is 29.8 Å². The molecule has 1 aromatic carbocycles. The lowest BCUT2D eigenvalue weighted by atomic mass is 9.92. The Morgan fingerprint density at radius 3 is 2.93 bits per heavy atom. The minimum Gasteiger partial charge on any atom is -0.493 e. The number of ether oxygens (including phenoxy) is 1. The van der Waals surface area contributed by atoms with Gasteiger partial charge >= 0.3 is 0 Å². The maximum Gasteiger partial charge on any atom is 0.123 e. The van der Waals surface area contributed by atoms with Gasteiger partial charge in [-0.05, 0) is 18.4 Å². The van der Waals surface area contributed by atoms with E-state index in [0.717, 1.165) is 18.1 Å². The summed E-state index contributed by atoms with van der Waals surface area (Å²) in [6.45, 7) is 0.646. The summed E-state index contributed by atoms with van der Waals surface area (Å²) in [7, 11) is 0. The molecule has 2 heteroatoms. The average molecular weight is 204 g/mol. The normalized spacial score (nSPS) is 25.8. The molecule has 1 aliphatic heterocycles. The summed E-state index contributed by atoms with van der Waals surface area (Å²) in [5.41, 5.74) is 1.19. The van der Waals surface area contributed by atoms with Crippen LogP contribution in [-0.2, 0) is 0 Å². The van der Waals surface area contributed by atoms with Crippen LogP contribution in [0.2, 0.25) is 0 Å². The van der Waals surface area contributed by atoms with Gasteiger partial charge in [0.15, 0.2) is 0 Å². The number of rotatable bonds is 3. The lowest BCUT2D eigenvalue weighted by molar-refractivity contribution is 0.115. The number of para-hydroxylation sites is 1. The molecule has 2 nitrogen and oxygen atoms in total. The van der Waals surface area contributed by atoms with Crippen LogP contribution in [0, 0.1) is 5.92 Å². The van der Waals surface area contributed by atoms with Gasteiger partial charge in [-0.25, -0.2) is 0 Å². The minimum absolute atomic E-state index is 0.196. The fraction of sp³-hybridized carbons (Fsp3) is 0.538. The molecule has 80 valence electrons. The third kappa shape index (κ3) is 1.74. The monoisotopic (exact) mass is 204 g/mol. The molecule has 1 heterocycles. The third-order valence-corrected chi connectivity index (χ3v) is 3.47. The zero-order valence-electron chi connectivity index (χ0n) is 8.73. The van der Waals surface area contributed by atoms with Gasteiger partial charge in [-0.15, -0.1) is 0 Å². The largest absolute Gasteiger partial charge is 0.493 e. The first kappa shape index (κ1) is 9.22. The standard InChI is InChI=1S/C13H16O2/c14-12(7-9-5-6-9)11-8-15-13-4-2-1-3-10(11)13/h1-4,9,11-12,14H,5-8H2. The fourth-order valence-corrected chi connectivity index (χ4v) is 2.37. The van der Waals surface area contributed by atoms with E-state index >= 15 is 0 Å². The van der Waals surface area contributed by atoms with E-state index < -0.39 is 0 Å². The Morgan fingerprint density at radius 1 is 1.33 bits per heavy atom. The highest BCUT2D eigenvalue weighted by molar-refractivity contribution is 5.40. The van der Waals surface area contributed by atoms with E-state index in [1.807, 2.05) is 18.2 Å². The minimum atomic E-state index is -0.221. The molecule has 1 aliphatic carbocycles. The van der Waals surface area contributed by atoms with E-state index in [4.69, 9.17) is 4.74 Å². The van der Waals surface area contributed by atoms with E-state index in [1.165, 1.54) is 18.4 Å². The van der Waals surface area contributed by atoms with Crippen molar-refractivity contribution < 1.29 is 9.84 Å². The molecule has 1 aromatic rings. The smallest absolute Gasteiger partial charge is 0.123 e. The highest BCUT2D eigenvalue weighted by Crippen LogP contribution is 2.41. The topological polar surface area (TPSA) is 29.5 Å². The number of aliphatic hydroxyl groups excluding tert-OH is 1. The maximum atomic E-state index is 10.1. The summed E-state index contributed by atoms with van der Waals surface area (Å²) in [5.74, 6) is 1.92. The van der Waals surface area contributed by atoms with Gasteiger partial charge in [0.1, 0.15) is 5.75 Å². The quantitative estimate of drug-likeness (QED) is 0.818. The van der Waals surface area contributed by atoms with Crippen molar-refractivity contribution in [2.45, 2.75) is 31.3 Å². The Balaban J connectivity index is 1.77. The van der Waals surface area contributed by atoms with Crippen molar-refractivity contribution in [3.63, 3.8) is 0 Å². The molecule has 1 N–H and O–H groups in total. The molecule has 3 rings (SSSR count). The summed E-state index contributed by atoms with van der Waals surface area (Å²) in [6.07, 6.45) is 3.32. The molecule has 0 spiro atoms. The number of fused-ring (bicyclic) bond motifs is 1. The second-order valence-electron chi connectivity index (χ2n) is 4.70. The van der Waals surface area contributed by atoms with Gasteiger partial charge in [0.05, 0.1) is 12.7 Å². The predicted molar refractivity (Wildman–Crippen MR) is 58.0 cm³/mol. The summed E-state index contributed by atoms with van der Waals surface area (Å²) >= 11 is 0. The van der Waals surface area contributed by atoms with Crippen LogP contribution in [0.1, 0.15) is 30.7 Å². The third-order valence-electron chi connectivity index (χ3n) is 3.47. The van der Waals surface area contributed by atoms with E-state index in [-0.39, 0.29) is 12.0 Å². The molecule has 2 aliphatic rings. The Bertz CT molecular complexity index is 357. The Hall–Kier alpha value is -1.02. The van der Waals surface area contributed by atoms with Gasteiger partial charge in [-0.2, -0.15) is 0 Å². The Labute approximate surface area is 89.9 Å². The van der Waals surface area contributed by atoms with Crippen molar-refractivity contribution in [3.8, 4) is 5.75 Å². The highest BCUT2D eigenvalue weighted by atomic mass is 16.5. The van der Waals surface area contributed by atoms with E-state index in [9.17, 15) is 5.11 Å². The molecule has 1 fully saturated rings. The van der Waals surface area contributed by atoms with Gasteiger partial charge in [0.25, 0.3) is 0 Å². The second kappa shape index (κ2) is 3.53. The van der Waals surface area contributed by atoms with Crippen molar-refractivity contribution >= 4 is 0 Å². The molecule has 0 bridgehead atoms. The van der Waals surface area contributed by atoms with Crippen molar-refractivity contribution in [2.75, 3.05) is 6.61 Å². The number of benzene rings is 1. The van der Waals surface area contributed by atoms with Crippen LogP contribution >= 0.6 is 0 Å². The molecule has 0 radical (unpaired) electrons. The second-order valence-corrected chi connectivity index (χ2v) is 4.70. The molecule has 2 atom stereocenters. The van der Waals surface area contributed by atoms with E-state index in [0.29, 0.717) is 6.61 Å². The van der Waals surface area contributed by atoms with Crippen LogP contribution in [-0.4, -0.2) is 17.8 Å². The molecule has 1 saturated carbocycles. The molecule has 2 unspecified atom stereocenters. The summed E-state index contributed by atoms with van der Waals surface area (Å²) in [5, 5.41) is 10.1. The summed E-state index contributed by atoms with van der Waals surface area (Å²) in [4.78, 5) is 0. The lowest BCUT2D eigenvalue weighted by Gasteiger charge is -2.16. The average Bonchev–Trinajstić information content (AvgIpc) is 2.96. The summed E-state index contributed by atoms with van der Waals surface area (Å²) in [6, 6.07) is 8.06. The predicted octanol–water partition coefficient (Wildman–Crippen LogP) is 2.32. The van der Waals surface area contributed by atoms with Crippen molar-refractivity contribution in [2.24, 2.45) is 5.92 Å². The van der Waals surface area contributed by atoms with Gasteiger partial charge < -0.3 is 9.84 Å². The Kier molecular flexibility index (Phi) is 2.17. The maximum absolute atomic E-state index is 10.1. The SMILES string of the molecule is OC(CC1CC1)C1COc2ccccc21. The fourth-order valence-electron chi connectivity index (χ4n) is 2.37. The molecule has 0 amide bonds. The van der Waals surface area contributed by atoms with Gasteiger partial charge in [0, 0.05) is 11.5 Å². The number of hydrogen-bond donors (Lipinski definition) is 1. The highest BCUT2D eigenvalue weighted by Gasteiger charge is 2.34. The van der Waals surface area contributed by atoms with Crippen LogP contribution in [0.3, 0.4) is 0 Å². The van der Waals surface area contributed by atoms with Crippen LogP contribution < -0.4 is 4.74 Å². The van der Waals surface area contributed by atoms with E-state index in [2.05, 4.69) is 6.07 Å². The first-order valence-corrected chi connectivity index (χ1v) is 5.74. The molecule has 0 saturated heterocycles. The van der Waals surface area contributed by atoms with Gasteiger partial charge in [-0.1, -0.05) is 31.0 Å². The van der Waals surface area contributed by atoms with Gasteiger partial charge in [-0.3, -0.25) is 0 Å². The lowest BCUT2D eigenvalue weighted by Crippen LogP contribution is -2.20. The van der Waals surface area contributed by atoms with Crippen molar-refractivity contribution in [1.29, 1.82) is 0 Å². The molecule has 15 heavy (non-hydrogen) atoms. The zero-order valence-corrected chi connectivity index (χ0v) is 8.73. The van der Waals surface area contributed by atoms with Crippen LogP contribution in [0.25, 0.3) is 0 Å². The van der Waals surface area contributed by atoms with Gasteiger partial charge in [0.2, 0.25) is 0 Å². The number of aliphatic hydroxyl groups is 1.